The molecule has 1 saturated heterocycles. The number of rotatable bonds is 6. The Labute approximate surface area is 99.7 Å². The smallest absolute Gasteiger partial charge is 0.332 e. The average molecular weight is 264 g/mol. The van der Waals surface area contributed by atoms with Crippen molar-refractivity contribution in [2.75, 3.05) is 6.54 Å². The molecule has 0 amide bonds. The second-order valence-electron chi connectivity index (χ2n) is 4.41. The van der Waals surface area contributed by atoms with Crippen LogP contribution in [0.3, 0.4) is 0 Å². The first kappa shape index (κ1) is 12.7. The molecule has 2 atom stereocenters. The van der Waals surface area contributed by atoms with E-state index in [9.17, 15) is 13.2 Å². The Bertz CT molecular complexity index is 392. The molecule has 2 unspecified atom stereocenters. The van der Waals surface area contributed by atoms with Crippen LogP contribution in [0.25, 0.3) is 0 Å². The van der Waals surface area contributed by atoms with Crippen LogP contribution in [0.4, 0.5) is 0 Å². The summed E-state index contributed by atoms with van der Waals surface area (Å²) in [6.45, 7) is 0.117. The van der Waals surface area contributed by atoms with E-state index < -0.39 is 22.3 Å². The third-order valence-corrected chi connectivity index (χ3v) is 3.97. The van der Waals surface area contributed by atoms with Gasteiger partial charge in [0, 0.05) is 12.6 Å². The second kappa shape index (κ2) is 4.89. The molecular formula is C9H16N2O5S. The molecule has 0 aromatic carbocycles. The van der Waals surface area contributed by atoms with Crippen LogP contribution >= 0.6 is 0 Å². The molecule has 8 heteroatoms. The van der Waals surface area contributed by atoms with Crippen LogP contribution in [0.1, 0.15) is 25.7 Å². The summed E-state index contributed by atoms with van der Waals surface area (Å²) in [7, 11) is -3.47. The standard InChI is InChI=1S/C9H16N2O5S/c12-9(13)8-4-3-7(16-8)5-10-17(14,15)11-6-1-2-6/h6-8,10-11H,1-5H2,(H,12,13). The number of carbonyl (C=O) groups is 1. The maximum absolute atomic E-state index is 11.5. The summed E-state index contributed by atoms with van der Waals surface area (Å²) < 4.78 is 33.0. The summed E-state index contributed by atoms with van der Waals surface area (Å²) in [4.78, 5) is 10.6. The topological polar surface area (TPSA) is 105 Å². The largest absolute Gasteiger partial charge is 0.479 e. The third kappa shape index (κ3) is 3.91. The van der Waals surface area contributed by atoms with Crippen LogP contribution in [0.5, 0.6) is 0 Å². The summed E-state index contributed by atoms with van der Waals surface area (Å²) in [5.41, 5.74) is 0. The molecule has 0 aromatic rings. The molecule has 3 N–H and O–H groups in total. The summed E-state index contributed by atoms with van der Waals surface area (Å²) in [5, 5.41) is 8.71. The van der Waals surface area contributed by atoms with Crippen LogP contribution in [0, 0.1) is 0 Å². The van der Waals surface area contributed by atoms with Crippen molar-refractivity contribution in [2.45, 2.75) is 43.9 Å². The van der Waals surface area contributed by atoms with Gasteiger partial charge < -0.3 is 9.84 Å². The fourth-order valence-electron chi connectivity index (χ4n) is 1.70. The maximum Gasteiger partial charge on any atom is 0.332 e. The highest BCUT2D eigenvalue weighted by atomic mass is 32.2. The molecule has 0 radical (unpaired) electrons. The highest BCUT2D eigenvalue weighted by molar-refractivity contribution is 7.87. The summed E-state index contributed by atoms with van der Waals surface area (Å²) >= 11 is 0. The van der Waals surface area contributed by atoms with Gasteiger partial charge in [-0.1, -0.05) is 0 Å². The number of hydrogen-bond acceptors (Lipinski definition) is 4. The van der Waals surface area contributed by atoms with E-state index in [1.807, 2.05) is 0 Å². The number of aliphatic carboxylic acids is 1. The van der Waals surface area contributed by atoms with Crippen LogP contribution in [0.2, 0.25) is 0 Å². The predicted molar refractivity (Wildman–Crippen MR) is 58.6 cm³/mol. The first-order valence-corrected chi connectivity index (χ1v) is 7.10. The van der Waals surface area contributed by atoms with E-state index in [1.165, 1.54) is 0 Å². The van der Waals surface area contributed by atoms with Gasteiger partial charge in [-0.3, -0.25) is 0 Å². The minimum absolute atomic E-state index is 0.0590. The Morgan fingerprint density at radius 3 is 2.53 bits per heavy atom. The molecule has 1 aliphatic carbocycles. The van der Waals surface area contributed by atoms with E-state index in [0.717, 1.165) is 12.8 Å². The Morgan fingerprint density at radius 1 is 1.29 bits per heavy atom. The van der Waals surface area contributed by atoms with E-state index in [4.69, 9.17) is 9.84 Å². The molecular weight excluding hydrogens is 248 g/mol. The highest BCUT2D eigenvalue weighted by Gasteiger charge is 2.32. The van der Waals surface area contributed by atoms with Crippen molar-refractivity contribution >= 4 is 16.2 Å². The zero-order valence-electron chi connectivity index (χ0n) is 9.26. The lowest BCUT2D eigenvalue weighted by atomic mass is 10.2. The van der Waals surface area contributed by atoms with Crippen LogP contribution in [0.15, 0.2) is 0 Å². The molecule has 1 heterocycles. The van der Waals surface area contributed by atoms with Crippen molar-refractivity contribution in [3.05, 3.63) is 0 Å². The Hall–Kier alpha value is -0.700. The average Bonchev–Trinajstić information content (AvgIpc) is 2.90. The van der Waals surface area contributed by atoms with Crippen molar-refractivity contribution in [1.82, 2.24) is 9.44 Å². The highest BCUT2D eigenvalue weighted by Crippen LogP contribution is 2.20. The molecule has 7 nitrogen and oxygen atoms in total. The normalized spacial score (nSPS) is 29.4. The zero-order valence-corrected chi connectivity index (χ0v) is 10.1. The monoisotopic (exact) mass is 264 g/mol. The van der Waals surface area contributed by atoms with Gasteiger partial charge in [0.1, 0.15) is 0 Å². The molecule has 1 saturated carbocycles. The number of nitrogens with one attached hydrogen (secondary N) is 2. The molecule has 0 aromatic heterocycles. The lowest BCUT2D eigenvalue weighted by Gasteiger charge is -2.12. The van der Waals surface area contributed by atoms with Crippen molar-refractivity contribution < 1.29 is 23.1 Å². The molecule has 17 heavy (non-hydrogen) atoms. The molecule has 0 spiro atoms. The van der Waals surface area contributed by atoms with Crippen molar-refractivity contribution in [2.24, 2.45) is 0 Å². The Kier molecular flexibility index (Phi) is 3.67. The van der Waals surface area contributed by atoms with Crippen molar-refractivity contribution in [3.63, 3.8) is 0 Å². The fraction of sp³-hybridized carbons (Fsp3) is 0.889. The minimum Gasteiger partial charge on any atom is -0.479 e. The SMILES string of the molecule is O=C(O)C1CCC(CNS(=O)(=O)NC2CC2)O1. The van der Waals surface area contributed by atoms with Crippen LogP contribution in [-0.4, -0.2) is 44.3 Å². The third-order valence-electron chi connectivity index (χ3n) is 2.78. The van der Waals surface area contributed by atoms with E-state index in [1.54, 1.807) is 0 Å². The predicted octanol–water partition coefficient (Wildman–Crippen LogP) is -0.795. The number of carboxylic acid groups (broad SMARTS) is 1. The van der Waals surface area contributed by atoms with Gasteiger partial charge in [-0.2, -0.15) is 17.9 Å². The van der Waals surface area contributed by atoms with Crippen LogP contribution < -0.4 is 9.44 Å². The lowest BCUT2D eigenvalue weighted by molar-refractivity contribution is -0.149. The molecule has 1 aliphatic heterocycles. The first-order chi connectivity index (χ1) is 7.96. The van der Waals surface area contributed by atoms with Crippen molar-refractivity contribution in [1.29, 1.82) is 0 Å². The fourth-order valence-corrected chi connectivity index (χ4v) is 2.87. The summed E-state index contributed by atoms with van der Waals surface area (Å²) in [6, 6.07) is 0.0590. The van der Waals surface area contributed by atoms with Gasteiger partial charge in [-0.05, 0) is 25.7 Å². The quantitative estimate of drug-likeness (QED) is 0.583. The lowest BCUT2D eigenvalue weighted by Crippen LogP contribution is -2.41. The second-order valence-corrected chi connectivity index (χ2v) is 5.94. The molecule has 2 aliphatic rings. The molecule has 98 valence electrons. The maximum atomic E-state index is 11.5. The van der Waals surface area contributed by atoms with E-state index in [0.29, 0.717) is 12.8 Å². The first-order valence-electron chi connectivity index (χ1n) is 5.61. The van der Waals surface area contributed by atoms with Gasteiger partial charge in [0.25, 0.3) is 10.2 Å². The van der Waals surface area contributed by atoms with E-state index in [-0.39, 0.29) is 18.7 Å². The number of ether oxygens (including phenoxy) is 1. The van der Waals surface area contributed by atoms with Gasteiger partial charge >= 0.3 is 5.97 Å². The van der Waals surface area contributed by atoms with Crippen molar-refractivity contribution in [3.8, 4) is 0 Å². The zero-order chi connectivity index (χ0) is 12.5. The summed E-state index contributed by atoms with van der Waals surface area (Å²) in [5.74, 6) is -0.994. The number of hydrogen-bond donors (Lipinski definition) is 3. The molecule has 2 fully saturated rings. The van der Waals surface area contributed by atoms with Gasteiger partial charge in [0.2, 0.25) is 0 Å². The van der Waals surface area contributed by atoms with Gasteiger partial charge in [0.05, 0.1) is 6.10 Å². The molecule has 0 bridgehead atoms. The van der Waals surface area contributed by atoms with Gasteiger partial charge in [0.15, 0.2) is 6.10 Å². The minimum atomic E-state index is -3.47. The van der Waals surface area contributed by atoms with Crippen LogP contribution in [-0.2, 0) is 19.7 Å². The Balaban J connectivity index is 1.73. The van der Waals surface area contributed by atoms with E-state index in [2.05, 4.69) is 9.44 Å². The summed E-state index contributed by atoms with van der Waals surface area (Å²) in [6.07, 6.45) is 1.58. The van der Waals surface area contributed by atoms with Gasteiger partial charge in [-0.25, -0.2) is 4.79 Å². The Morgan fingerprint density at radius 2 is 2.00 bits per heavy atom. The molecule has 2 rings (SSSR count). The number of carboxylic acids is 1. The van der Waals surface area contributed by atoms with E-state index >= 15 is 0 Å². The van der Waals surface area contributed by atoms with Gasteiger partial charge in [-0.15, -0.1) is 0 Å².